The third kappa shape index (κ3) is 10.6. The summed E-state index contributed by atoms with van der Waals surface area (Å²) in [5.41, 5.74) is -3.00. The van der Waals surface area contributed by atoms with Crippen LogP contribution in [0.4, 0.5) is 22.7 Å². The zero-order valence-electron chi connectivity index (χ0n) is 29.3. The topological polar surface area (TPSA) is 282 Å². The molecule has 0 aliphatic heterocycles. The summed E-state index contributed by atoms with van der Waals surface area (Å²) in [5, 5.41) is 40.9. The van der Waals surface area contributed by atoms with Crippen LogP contribution < -0.4 is 80.4 Å². The van der Waals surface area contributed by atoms with Crippen molar-refractivity contribution in [3.05, 3.63) is 91.5 Å². The molecule has 0 saturated carbocycles. The minimum Gasteiger partial charge on any atom is -0.860 e. The van der Waals surface area contributed by atoms with E-state index in [-0.39, 0.29) is 127 Å². The van der Waals surface area contributed by atoms with Gasteiger partial charge in [-0.25, -0.2) is 8.42 Å². The van der Waals surface area contributed by atoms with E-state index < -0.39 is 64.5 Å². The van der Waals surface area contributed by atoms with Crippen molar-refractivity contribution in [2.45, 2.75) is 62.1 Å². The van der Waals surface area contributed by atoms with Gasteiger partial charge < -0.3 is 19.3 Å². The van der Waals surface area contributed by atoms with Crippen LogP contribution in [0.5, 0.6) is 11.8 Å². The molecule has 0 saturated heterocycles. The van der Waals surface area contributed by atoms with Crippen molar-refractivity contribution in [3.8, 4) is 11.8 Å². The van der Waals surface area contributed by atoms with Gasteiger partial charge in [-0.05, 0) is 110 Å². The second kappa shape index (κ2) is 18.0. The van der Waals surface area contributed by atoms with Gasteiger partial charge in [0.15, 0.2) is 11.4 Å². The van der Waals surface area contributed by atoms with E-state index in [4.69, 9.17) is 0 Å². The number of hydrogen-bond donors (Lipinski definition) is 2. The maximum Gasteiger partial charge on any atom is 1.00 e. The van der Waals surface area contributed by atoms with Crippen LogP contribution in [0, 0.1) is 13.8 Å². The van der Waals surface area contributed by atoms with Crippen LogP contribution in [-0.4, -0.2) is 43.5 Å². The normalized spacial score (nSPS) is 12.2. The molecule has 0 aliphatic rings. The second-order valence-corrected chi connectivity index (χ2v) is 15.8. The van der Waals surface area contributed by atoms with E-state index in [0.29, 0.717) is 0 Å². The Kier molecular flexibility index (Phi) is 15.7. The zero-order valence-corrected chi connectivity index (χ0v) is 35.8. The predicted molar refractivity (Wildman–Crippen MR) is 178 cm³/mol. The third-order valence-corrected chi connectivity index (χ3v) is 10.7. The molecule has 2 aromatic heterocycles. The molecule has 4 aromatic rings. The standard InChI is InChI=1S/C30H32N6O12S3.2Na/c1-5-35-27(37)23(15-49(41,42)43)17(3)25(29(35)39)33-31-19-7-11-21(12-8-19)51(47,48)22-13-9-20(10-14-22)32-34-26-18(4)24(16-50(44,45)46)28(38)36(6-2)30(26)40;;/h7-14,37-38H,5-6,15-16H2,1-4H3,(H,41,42,43)(H,44,45,46);;/q;2*+1/p-2. The molecule has 0 amide bonds. The van der Waals surface area contributed by atoms with Gasteiger partial charge in [-0.15, -0.1) is 10.2 Å². The first-order chi connectivity index (χ1) is 23.7. The Morgan fingerprint density at radius 3 is 1.15 bits per heavy atom. The molecule has 0 atom stereocenters. The van der Waals surface area contributed by atoms with Crippen LogP contribution in [0.2, 0.25) is 0 Å². The van der Waals surface area contributed by atoms with Crippen LogP contribution in [0.25, 0.3) is 0 Å². The van der Waals surface area contributed by atoms with Crippen molar-refractivity contribution in [2.24, 2.45) is 20.5 Å². The number of benzene rings is 2. The summed E-state index contributed by atoms with van der Waals surface area (Å²) in [6.45, 7) is 5.34. The van der Waals surface area contributed by atoms with Gasteiger partial charge in [-0.1, -0.05) is 0 Å². The average Bonchev–Trinajstić information content (AvgIpc) is 3.05. The summed E-state index contributed by atoms with van der Waals surface area (Å²) in [6, 6.07) is 10.1. The molecule has 0 radical (unpaired) electrons. The first-order valence-electron chi connectivity index (χ1n) is 14.8. The number of hydrogen-bond acceptors (Lipinski definition) is 14. The average molecular weight is 809 g/mol. The Bertz CT molecular complexity index is 2370. The van der Waals surface area contributed by atoms with Crippen LogP contribution >= 0.6 is 0 Å². The molecule has 272 valence electrons. The van der Waals surface area contributed by atoms with E-state index in [2.05, 4.69) is 20.5 Å². The molecule has 4 rings (SSSR count). The summed E-state index contributed by atoms with van der Waals surface area (Å²) in [7, 11) is -13.3. The Balaban J connectivity index is 0.00000486. The van der Waals surface area contributed by atoms with Gasteiger partial charge in [-0.3, -0.25) is 18.7 Å². The molecule has 2 N–H and O–H groups in total. The monoisotopic (exact) mass is 808 g/mol. The quantitative estimate of drug-likeness (QED) is 0.0838. The van der Waals surface area contributed by atoms with E-state index >= 15 is 0 Å². The summed E-state index contributed by atoms with van der Waals surface area (Å²) in [5.74, 6) is -3.84. The van der Waals surface area contributed by atoms with E-state index in [9.17, 15) is 54.2 Å². The first-order valence-corrected chi connectivity index (χ1v) is 19.5. The SMILES string of the molecule is CCn1c([O-])c(CS(=O)(=O)O)c(C)c(N=Nc2ccc(S(=O)(=O)c3ccc(N=Nc4c(C)c(CS(=O)(=O)O)c([O-])n(CC)c4=O)cc3)cc2)c1=O.[Na+].[Na+]. The fraction of sp³-hybridized carbons (Fsp3) is 0.267. The molecular formula is C30H30N6Na2O12S3. The minimum atomic E-state index is -4.62. The molecule has 0 unspecified atom stereocenters. The van der Waals surface area contributed by atoms with Gasteiger partial charge in [0, 0.05) is 13.1 Å². The molecule has 2 aromatic carbocycles. The molecule has 18 nitrogen and oxygen atoms in total. The molecule has 2 heterocycles. The van der Waals surface area contributed by atoms with Gasteiger partial charge in [0.25, 0.3) is 31.4 Å². The molecule has 0 aliphatic carbocycles. The van der Waals surface area contributed by atoms with Gasteiger partial charge in [0.05, 0.1) is 21.2 Å². The van der Waals surface area contributed by atoms with Crippen LogP contribution in [-0.2, 0) is 54.7 Å². The third-order valence-electron chi connectivity index (χ3n) is 7.63. The number of nitrogens with zero attached hydrogens (tertiary/aromatic N) is 6. The largest absolute Gasteiger partial charge is 1.00 e. The van der Waals surface area contributed by atoms with Crippen molar-refractivity contribution in [1.29, 1.82) is 0 Å². The number of azo groups is 2. The summed E-state index contributed by atoms with van der Waals surface area (Å²) in [4.78, 5) is 25.4. The van der Waals surface area contributed by atoms with E-state index in [0.717, 1.165) is 9.13 Å². The van der Waals surface area contributed by atoms with E-state index in [1.807, 2.05) is 0 Å². The minimum absolute atomic E-state index is 0. The van der Waals surface area contributed by atoms with Crippen LogP contribution in [0.15, 0.2) is 88.4 Å². The Labute approximate surface area is 348 Å². The number of sulfone groups is 1. The van der Waals surface area contributed by atoms with Crippen molar-refractivity contribution in [2.75, 3.05) is 0 Å². The van der Waals surface area contributed by atoms with Gasteiger partial charge in [0.2, 0.25) is 9.84 Å². The van der Waals surface area contributed by atoms with Gasteiger partial charge in [0.1, 0.15) is 11.5 Å². The Hall–Kier alpha value is -3.09. The predicted octanol–water partition coefficient (Wildman–Crippen LogP) is -2.74. The molecule has 53 heavy (non-hydrogen) atoms. The fourth-order valence-corrected chi connectivity index (χ4v) is 7.61. The Morgan fingerprint density at radius 1 is 0.585 bits per heavy atom. The summed E-state index contributed by atoms with van der Waals surface area (Å²) in [6.07, 6.45) is 0. The van der Waals surface area contributed by atoms with Crippen LogP contribution in [0.3, 0.4) is 0 Å². The van der Waals surface area contributed by atoms with Crippen molar-refractivity contribution < 1.29 is 104 Å². The van der Waals surface area contributed by atoms with Crippen molar-refractivity contribution in [3.63, 3.8) is 0 Å². The second-order valence-electron chi connectivity index (χ2n) is 11.0. The summed E-state index contributed by atoms with van der Waals surface area (Å²) < 4.78 is 92.5. The number of rotatable bonds is 12. The maximum atomic E-state index is 13.3. The number of aromatic nitrogens is 2. The van der Waals surface area contributed by atoms with E-state index in [1.165, 1.54) is 76.2 Å². The van der Waals surface area contributed by atoms with Crippen LogP contribution in [0.1, 0.15) is 36.1 Å². The number of pyridine rings is 2. The fourth-order valence-electron chi connectivity index (χ4n) is 4.94. The molecule has 0 spiro atoms. The van der Waals surface area contributed by atoms with Crippen molar-refractivity contribution in [1.82, 2.24) is 9.13 Å². The van der Waals surface area contributed by atoms with Gasteiger partial charge >= 0.3 is 59.1 Å². The van der Waals surface area contributed by atoms with Crippen molar-refractivity contribution >= 4 is 52.8 Å². The molecular weight excluding hydrogens is 779 g/mol. The maximum absolute atomic E-state index is 13.3. The van der Waals surface area contributed by atoms with Gasteiger partial charge in [-0.2, -0.15) is 27.1 Å². The van der Waals surface area contributed by atoms with E-state index in [1.54, 1.807) is 0 Å². The smallest absolute Gasteiger partial charge is 0.860 e. The zero-order chi connectivity index (χ0) is 38.1. The Morgan fingerprint density at radius 2 is 0.887 bits per heavy atom. The molecule has 0 bridgehead atoms. The molecule has 23 heteroatoms. The first kappa shape index (κ1) is 46.1. The summed E-state index contributed by atoms with van der Waals surface area (Å²) >= 11 is 0. The molecule has 0 fully saturated rings.